The fourth-order valence-electron chi connectivity index (χ4n) is 6.23. The van der Waals surface area contributed by atoms with Gasteiger partial charge in [0.2, 0.25) is 5.91 Å². The van der Waals surface area contributed by atoms with Crippen LogP contribution in [0.15, 0.2) is 48.7 Å². The zero-order valence-corrected chi connectivity index (χ0v) is 22.5. The third-order valence-corrected chi connectivity index (χ3v) is 8.45. The maximum atomic E-state index is 14.0. The van der Waals surface area contributed by atoms with Crippen molar-refractivity contribution in [2.24, 2.45) is 5.41 Å². The van der Waals surface area contributed by atoms with Gasteiger partial charge in [-0.15, -0.1) is 0 Å². The number of hydrogen-bond donors (Lipinski definition) is 0. The van der Waals surface area contributed by atoms with E-state index in [0.717, 1.165) is 74.8 Å². The number of rotatable bonds is 3. The number of halogens is 1. The molecule has 1 spiro atoms. The van der Waals surface area contributed by atoms with Gasteiger partial charge in [0.05, 0.1) is 17.5 Å². The van der Waals surface area contributed by atoms with Gasteiger partial charge in [-0.2, -0.15) is 0 Å². The van der Waals surface area contributed by atoms with Crippen molar-refractivity contribution in [1.82, 2.24) is 14.4 Å². The number of piperidine rings is 1. The monoisotopic (exact) mass is 505 g/mol. The highest BCUT2D eigenvalue weighted by Gasteiger charge is 2.42. The van der Waals surface area contributed by atoms with Gasteiger partial charge in [0.25, 0.3) is 0 Å². The quantitative estimate of drug-likeness (QED) is 0.425. The van der Waals surface area contributed by atoms with Gasteiger partial charge in [-0.25, -0.2) is 4.39 Å². The zero-order chi connectivity index (χ0) is 26.0. The number of aryl methyl sites for hydroxylation is 1. The molecule has 1 amide bonds. The van der Waals surface area contributed by atoms with Crippen molar-refractivity contribution >= 4 is 16.8 Å². The number of aromatic nitrogens is 1. The van der Waals surface area contributed by atoms with Crippen molar-refractivity contribution in [2.75, 3.05) is 33.3 Å². The maximum absolute atomic E-state index is 14.0. The molecular weight excluding hydrogens is 465 g/mol. The Bertz CT molecular complexity index is 1240. The van der Waals surface area contributed by atoms with Crippen LogP contribution in [0.2, 0.25) is 0 Å². The maximum Gasteiger partial charge on any atom is 0.228 e. The average molecular weight is 506 g/mol. The summed E-state index contributed by atoms with van der Waals surface area (Å²) < 4.78 is 22.2. The molecule has 0 saturated carbocycles. The van der Waals surface area contributed by atoms with Crippen LogP contribution in [0.3, 0.4) is 0 Å². The van der Waals surface area contributed by atoms with E-state index in [9.17, 15) is 9.18 Å². The number of fused-ring (bicyclic) bond motifs is 2. The lowest BCUT2D eigenvalue weighted by Crippen LogP contribution is -2.50. The highest BCUT2D eigenvalue weighted by Crippen LogP contribution is 2.40. The van der Waals surface area contributed by atoms with Crippen molar-refractivity contribution in [2.45, 2.75) is 65.0 Å². The van der Waals surface area contributed by atoms with E-state index < -0.39 is 0 Å². The Morgan fingerprint density at radius 2 is 1.81 bits per heavy atom. The molecule has 1 aromatic heterocycles. The molecule has 3 heterocycles. The Morgan fingerprint density at radius 3 is 2.59 bits per heavy atom. The van der Waals surface area contributed by atoms with Crippen molar-refractivity contribution < 1.29 is 13.9 Å². The highest BCUT2D eigenvalue weighted by molar-refractivity contribution is 5.84. The SMILES string of the molecule is CC(C)n1cc(CN2CCC3(CCCCc4ccccc4OCCN(C)C3=O)CC2)c2ccc(F)cc21. The standard InChI is InChI=1S/C31H40FN3O2/c1-23(2)35-22-25(27-12-11-26(32)20-28(27)35)21-34-16-14-31(15-17-34)13-7-6-9-24-8-4-5-10-29(24)37-19-18-33(3)30(31)36/h4-5,8,10-12,20,22-23H,6-7,9,13-19,21H2,1-3H3. The molecule has 0 bridgehead atoms. The molecule has 0 atom stereocenters. The molecule has 2 aliphatic rings. The van der Waals surface area contributed by atoms with Crippen molar-refractivity contribution in [1.29, 1.82) is 0 Å². The van der Waals surface area contributed by atoms with E-state index in [1.165, 1.54) is 11.1 Å². The van der Waals surface area contributed by atoms with E-state index in [2.05, 4.69) is 41.6 Å². The fraction of sp³-hybridized carbons (Fsp3) is 0.516. The first-order chi connectivity index (χ1) is 17.9. The molecule has 0 aliphatic carbocycles. The number of nitrogens with zero attached hydrogens (tertiary/aromatic N) is 3. The average Bonchev–Trinajstić information content (AvgIpc) is 3.25. The van der Waals surface area contributed by atoms with E-state index in [1.54, 1.807) is 12.1 Å². The molecular formula is C31H40FN3O2. The fourth-order valence-corrected chi connectivity index (χ4v) is 6.23. The summed E-state index contributed by atoms with van der Waals surface area (Å²) in [6, 6.07) is 13.7. The smallest absolute Gasteiger partial charge is 0.228 e. The summed E-state index contributed by atoms with van der Waals surface area (Å²) in [6.07, 6.45) is 7.99. The number of likely N-dealkylation sites (tertiary alicyclic amines) is 1. The first-order valence-electron chi connectivity index (χ1n) is 13.8. The minimum atomic E-state index is -0.293. The predicted octanol–water partition coefficient (Wildman–Crippen LogP) is 6.21. The Labute approximate surface area is 220 Å². The number of likely N-dealkylation sites (N-methyl/N-ethyl adjacent to an activating group) is 1. The zero-order valence-electron chi connectivity index (χ0n) is 22.5. The highest BCUT2D eigenvalue weighted by atomic mass is 19.1. The van der Waals surface area contributed by atoms with E-state index >= 15 is 0 Å². The van der Waals surface area contributed by atoms with Gasteiger partial charge in [0.1, 0.15) is 18.2 Å². The molecule has 2 aromatic carbocycles. The molecule has 0 N–H and O–H groups in total. The Kier molecular flexibility index (Phi) is 7.57. The summed E-state index contributed by atoms with van der Waals surface area (Å²) in [5, 5.41) is 1.12. The van der Waals surface area contributed by atoms with Gasteiger partial charge < -0.3 is 14.2 Å². The van der Waals surface area contributed by atoms with Crippen LogP contribution in [0.5, 0.6) is 5.75 Å². The summed E-state index contributed by atoms with van der Waals surface area (Å²) in [5.41, 5.74) is 3.16. The molecule has 37 heavy (non-hydrogen) atoms. The lowest BCUT2D eigenvalue weighted by molar-refractivity contribution is -0.145. The lowest BCUT2D eigenvalue weighted by atomic mass is 9.73. The number of ether oxygens (including phenoxy) is 1. The van der Waals surface area contributed by atoms with E-state index in [-0.39, 0.29) is 23.2 Å². The van der Waals surface area contributed by atoms with Gasteiger partial charge >= 0.3 is 0 Å². The van der Waals surface area contributed by atoms with Crippen LogP contribution in [0, 0.1) is 11.2 Å². The number of benzene rings is 2. The predicted molar refractivity (Wildman–Crippen MR) is 146 cm³/mol. The summed E-state index contributed by atoms with van der Waals surface area (Å²) in [7, 11) is 1.93. The van der Waals surface area contributed by atoms with Gasteiger partial charge in [0.15, 0.2) is 0 Å². The van der Waals surface area contributed by atoms with Crippen LogP contribution in [0.4, 0.5) is 4.39 Å². The van der Waals surface area contributed by atoms with Crippen LogP contribution in [-0.2, 0) is 17.8 Å². The van der Waals surface area contributed by atoms with Crippen molar-refractivity contribution in [3.8, 4) is 5.75 Å². The van der Waals surface area contributed by atoms with Crippen LogP contribution in [0.25, 0.3) is 10.9 Å². The molecule has 1 saturated heterocycles. The molecule has 0 unspecified atom stereocenters. The largest absolute Gasteiger partial charge is 0.491 e. The minimum absolute atomic E-state index is 0.196. The molecule has 5 nitrogen and oxygen atoms in total. The number of amides is 1. The van der Waals surface area contributed by atoms with E-state index in [1.807, 2.05) is 30.1 Å². The topological polar surface area (TPSA) is 37.7 Å². The molecule has 198 valence electrons. The molecule has 0 radical (unpaired) electrons. The Balaban J connectivity index is 1.29. The van der Waals surface area contributed by atoms with Crippen LogP contribution < -0.4 is 4.74 Å². The third-order valence-electron chi connectivity index (χ3n) is 8.45. The first-order valence-corrected chi connectivity index (χ1v) is 13.8. The van der Waals surface area contributed by atoms with Crippen LogP contribution >= 0.6 is 0 Å². The minimum Gasteiger partial charge on any atom is -0.491 e. The second-order valence-corrected chi connectivity index (χ2v) is 11.3. The molecule has 3 aromatic rings. The van der Waals surface area contributed by atoms with Crippen LogP contribution in [0.1, 0.15) is 63.1 Å². The number of carbonyl (C=O) groups excluding carboxylic acids is 1. The van der Waals surface area contributed by atoms with Gasteiger partial charge in [-0.05, 0) is 94.4 Å². The summed E-state index contributed by atoms with van der Waals surface area (Å²) in [5.74, 6) is 1.03. The van der Waals surface area contributed by atoms with Crippen molar-refractivity contribution in [3.63, 3.8) is 0 Å². The molecule has 2 aliphatic heterocycles. The molecule has 5 rings (SSSR count). The van der Waals surface area contributed by atoms with Gasteiger partial charge in [-0.3, -0.25) is 9.69 Å². The third kappa shape index (κ3) is 5.40. The molecule has 6 heteroatoms. The summed E-state index contributed by atoms with van der Waals surface area (Å²) >= 11 is 0. The van der Waals surface area contributed by atoms with Crippen LogP contribution in [-0.4, -0.2) is 53.6 Å². The van der Waals surface area contributed by atoms with Gasteiger partial charge in [-0.1, -0.05) is 24.6 Å². The van der Waals surface area contributed by atoms with E-state index in [0.29, 0.717) is 13.2 Å². The Morgan fingerprint density at radius 1 is 1.03 bits per heavy atom. The number of hydrogen-bond acceptors (Lipinski definition) is 3. The van der Waals surface area contributed by atoms with Gasteiger partial charge in [0, 0.05) is 31.2 Å². The Hall–Kier alpha value is -2.86. The second kappa shape index (κ2) is 10.9. The molecule has 1 fully saturated rings. The first kappa shape index (κ1) is 25.8. The second-order valence-electron chi connectivity index (χ2n) is 11.3. The summed E-state index contributed by atoms with van der Waals surface area (Å²) in [4.78, 5) is 18.1. The van der Waals surface area contributed by atoms with Crippen molar-refractivity contribution in [3.05, 3.63) is 65.6 Å². The summed E-state index contributed by atoms with van der Waals surface area (Å²) in [6.45, 7) is 8.00. The lowest BCUT2D eigenvalue weighted by Gasteiger charge is -2.43. The number of carbonyl (C=O) groups is 1. The normalized spacial score (nSPS) is 19.5. The number of para-hydroxylation sites is 1. The van der Waals surface area contributed by atoms with E-state index in [4.69, 9.17) is 4.74 Å².